The highest BCUT2D eigenvalue weighted by Gasteiger charge is 2.33. The van der Waals surface area contributed by atoms with E-state index in [9.17, 15) is 18.0 Å². The topological polar surface area (TPSA) is 59.0 Å². The molecule has 1 fully saturated rings. The molecule has 1 aromatic heterocycles. The van der Waals surface area contributed by atoms with Gasteiger partial charge in [0, 0.05) is 10.9 Å². The quantitative estimate of drug-likeness (QED) is 0.421. The lowest BCUT2D eigenvalue weighted by Gasteiger charge is -2.12. The number of carbonyl (C=O) groups excluding carboxylic acids is 1. The van der Waals surface area contributed by atoms with Gasteiger partial charge in [0.2, 0.25) is 0 Å². The van der Waals surface area contributed by atoms with Crippen molar-refractivity contribution >= 4 is 34.8 Å². The van der Waals surface area contributed by atoms with Gasteiger partial charge >= 0.3 is 0 Å². The number of anilines is 1. The van der Waals surface area contributed by atoms with Crippen molar-refractivity contribution < 1.29 is 18.0 Å². The highest BCUT2D eigenvalue weighted by Crippen LogP contribution is 2.43. The number of carbonyl (C=O) groups is 1. The molecule has 2 aromatic carbocycles. The average molecular weight is 441 g/mol. The summed E-state index contributed by atoms with van der Waals surface area (Å²) in [5, 5.41) is 5.11. The third-order valence-corrected chi connectivity index (χ3v) is 5.04. The first-order valence-electron chi connectivity index (χ1n) is 8.60. The van der Waals surface area contributed by atoms with Crippen LogP contribution in [-0.2, 0) is 0 Å². The maximum atomic E-state index is 13.8. The summed E-state index contributed by atoms with van der Waals surface area (Å²) in [5.41, 5.74) is 5.63. The second kappa shape index (κ2) is 7.61. The van der Waals surface area contributed by atoms with E-state index in [0.29, 0.717) is 21.4 Å². The van der Waals surface area contributed by atoms with E-state index in [2.05, 4.69) is 16.0 Å². The van der Waals surface area contributed by atoms with Crippen molar-refractivity contribution in [3.05, 3.63) is 75.3 Å². The lowest BCUT2D eigenvalue weighted by molar-refractivity contribution is 0.0961. The maximum absolute atomic E-state index is 13.8. The fraction of sp³-hybridized carbons (Fsp3) is 0.158. The molecule has 1 saturated carbocycles. The minimum absolute atomic E-state index is 0.116. The first kappa shape index (κ1) is 19.6. The number of halogens is 5. The molecule has 150 valence electrons. The van der Waals surface area contributed by atoms with Gasteiger partial charge in [-0.2, -0.15) is 5.10 Å². The number of nitrogens with one attached hydrogen (secondary N) is 2. The van der Waals surface area contributed by atoms with Crippen LogP contribution in [0.2, 0.25) is 10.0 Å². The van der Waals surface area contributed by atoms with Gasteiger partial charge in [-0.25, -0.2) is 17.9 Å². The number of aromatic nitrogens is 2. The summed E-state index contributed by atoms with van der Waals surface area (Å²) in [4.78, 5) is 12.6. The molecule has 1 aliphatic rings. The average Bonchev–Trinajstić information content (AvgIpc) is 3.44. The molecule has 2 N–H and O–H groups in total. The van der Waals surface area contributed by atoms with Crippen LogP contribution < -0.4 is 10.9 Å². The Kier molecular flexibility index (Phi) is 5.14. The van der Waals surface area contributed by atoms with E-state index >= 15 is 0 Å². The first-order valence-corrected chi connectivity index (χ1v) is 9.35. The second-order valence-corrected chi connectivity index (χ2v) is 7.37. The fourth-order valence-corrected chi connectivity index (χ4v) is 3.43. The van der Waals surface area contributed by atoms with Gasteiger partial charge in [0.15, 0.2) is 17.5 Å². The van der Waals surface area contributed by atoms with E-state index < -0.39 is 29.0 Å². The van der Waals surface area contributed by atoms with Gasteiger partial charge in [0.1, 0.15) is 0 Å². The van der Waals surface area contributed by atoms with Gasteiger partial charge in [-0.3, -0.25) is 15.6 Å². The normalized spacial score (nSPS) is 13.4. The lowest BCUT2D eigenvalue weighted by Crippen LogP contribution is -2.30. The molecule has 1 aliphatic carbocycles. The zero-order chi connectivity index (χ0) is 20.7. The van der Waals surface area contributed by atoms with E-state index in [1.165, 1.54) is 6.20 Å². The molecule has 4 rings (SSSR count). The standard InChI is InChI=1S/C19H13Cl2F3N4O/c20-10-3-6-15(12(21)7-10)28-18(9-1-2-9)11(8-25-28)19(29)27-26-14-5-4-13(22)16(23)17(14)24/h3-9,26H,1-2H2,(H,27,29). The predicted octanol–water partition coefficient (Wildman–Crippen LogP) is 5.23. The fourth-order valence-electron chi connectivity index (χ4n) is 2.94. The molecule has 0 atom stereocenters. The minimum atomic E-state index is -1.63. The van der Waals surface area contributed by atoms with Crippen molar-refractivity contribution in [1.29, 1.82) is 0 Å². The number of rotatable bonds is 5. The Hall–Kier alpha value is -2.71. The van der Waals surface area contributed by atoms with Crippen LogP contribution in [0.25, 0.3) is 5.69 Å². The van der Waals surface area contributed by atoms with Crippen molar-refractivity contribution in [3.8, 4) is 5.69 Å². The summed E-state index contributed by atoms with van der Waals surface area (Å²) in [7, 11) is 0. The number of benzene rings is 2. The van der Waals surface area contributed by atoms with Crippen LogP contribution in [-0.4, -0.2) is 15.7 Å². The van der Waals surface area contributed by atoms with E-state index in [4.69, 9.17) is 23.2 Å². The third-order valence-electron chi connectivity index (χ3n) is 4.50. The minimum Gasteiger partial charge on any atom is -0.295 e. The van der Waals surface area contributed by atoms with Crippen molar-refractivity contribution in [3.63, 3.8) is 0 Å². The molecule has 5 nitrogen and oxygen atoms in total. The Balaban J connectivity index is 1.61. The predicted molar refractivity (Wildman–Crippen MR) is 103 cm³/mol. The summed E-state index contributed by atoms with van der Waals surface area (Å²) < 4.78 is 41.7. The number of hydrogen-bond donors (Lipinski definition) is 2. The van der Waals surface area contributed by atoms with Crippen LogP contribution in [0, 0.1) is 17.5 Å². The van der Waals surface area contributed by atoms with Gasteiger partial charge in [-0.05, 0) is 43.2 Å². The van der Waals surface area contributed by atoms with Gasteiger partial charge in [0.25, 0.3) is 5.91 Å². The van der Waals surface area contributed by atoms with E-state index in [-0.39, 0.29) is 11.5 Å². The number of nitrogens with zero attached hydrogens (tertiary/aromatic N) is 2. The Labute approximate surface area is 173 Å². The lowest BCUT2D eigenvalue weighted by atomic mass is 10.1. The molecule has 10 heteroatoms. The maximum Gasteiger partial charge on any atom is 0.273 e. The molecule has 3 aromatic rings. The molecular formula is C19H13Cl2F3N4O. The summed E-state index contributed by atoms with van der Waals surface area (Å²) in [5.74, 6) is -4.88. The summed E-state index contributed by atoms with van der Waals surface area (Å²) in [6, 6.07) is 6.66. The van der Waals surface area contributed by atoms with Gasteiger partial charge in [-0.1, -0.05) is 23.2 Å². The van der Waals surface area contributed by atoms with E-state index in [1.807, 2.05) is 0 Å². The summed E-state index contributed by atoms with van der Waals surface area (Å²) >= 11 is 12.2. The van der Waals surface area contributed by atoms with Gasteiger partial charge < -0.3 is 0 Å². The van der Waals surface area contributed by atoms with Crippen LogP contribution in [0.1, 0.15) is 34.8 Å². The van der Waals surface area contributed by atoms with Crippen LogP contribution >= 0.6 is 23.2 Å². The Morgan fingerprint density at radius 2 is 1.86 bits per heavy atom. The van der Waals surface area contributed by atoms with E-state index in [0.717, 1.165) is 25.0 Å². The number of hydrazine groups is 1. The molecule has 0 aliphatic heterocycles. The van der Waals surface area contributed by atoms with Crippen molar-refractivity contribution in [2.24, 2.45) is 0 Å². The third kappa shape index (κ3) is 3.77. The molecule has 0 saturated heterocycles. The Morgan fingerprint density at radius 3 is 2.55 bits per heavy atom. The number of amides is 1. The van der Waals surface area contributed by atoms with Crippen LogP contribution in [0.4, 0.5) is 18.9 Å². The summed E-state index contributed by atoms with van der Waals surface area (Å²) in [6.07, 6.45) is 3.13. The molecule has 0 spiro atoms. The van der Waals surface area contributed by atoms with Crippen LogP contribution in [0.15, 0.2) is 36.5 Å². The molecule has 0 bridgehead atoms. The largest absolute Gasteiger partial charge is 0.295 e. The molecule has 1 heterocycles. The smallest absolute Gasteiger partial charge is 0.273 e. The second-order valence-electron chi connectivity index (χ2n) is 6.53. The zero-order valence-electron chi connectivity index (χ0n) is 14.6. The Bertz CT molecular complexity index is 1120. The highest BCUT2D eigenvalue weighted by atomic mass is 35.5. The monoisotopic (exact) mass is 440 g/mol. The highest BCUT2D eigenvalue weighted by molar-refractivity contribution is 6.35. The summed E-state index contributed by atoms with van der Waals surface area (Å²) in [6.45, 7) is 0. The van der Waals surface area contributed by atoms with Gasteiger partial charge in [-0.15, -0.1) is 0 Å². The molecular weight excluding hydrogens is 428 g/mol. The molecule has 0 radical (unpaired) electrons. The molecule has 29 heavy (non-hydrogen) atoms. The number of hydrogen-bond acceptors (Lipinski definition) is 3. The molecule has 0 unspecified atom stereocenters. The Morgan fingerprint density at radius 1 is 1.10 bits per heavy atom. The zero-order valence-corrected chi connectivity index (χ0v) is 16.2. The van der Waals surface area contributed by atoms with E-state index in [1.54, 1.807) is 22.9 Å². The van der Waals surface area contributed by atoms with Gasteiger partial charge in [0.05, 0.1) is 33.9 Å². The van der Waals surface area contributed by atoms with Crippen LogP contribution in [0.5, 0.6) is 0 Å². The van der Waals surface area contributed by atoms with Crippen molar-refractivity contribution in [1.82, 2.24) is 15.2 Å². The van der Waals surface area contributed by atoms with Crippen molar-refractivity contribution in [2.45, 2.75) is 18.8 Å². The van der Waals surface area contributed by atoms with Crippen LogP contribution in [0.3, 0.4) is 0 Å². The van der Waals surface area contributed by atoms with Crippen molar-refractivity contribution in [2.75, 3.05) is 5.43 Å². The molecule has 1 amide bonds. The SMILES string of the molecule is O=C(NNc1ccc(F)c(F)c1F)c1cnn(-c2ccc(Cl)cc2Cl)c1C1CC1. The first-order chi connectivity index (χ1) is 13.9.